The van der Waals surface area contributed by atoms with Crippen LogP contribution in [-0.2, 0) is 9.59 Å². The van der Waals surface area contributed by atoms with Crippen LogP contribution in [0.4, 0.5) is 0 Å². The van der Waals surface area contributed by atoms with Crippen molar-refractivity contribution in [1.29, 1.82) is 0 Å². The number of carbonyl (C=O) groups excluding carboxylic acids is 2. The Hall–Kier alpha value is 1.60. The van der Waals surface area contributed by atoms with Crippen LogP contribution in [0.3, 0.4) is 0 Å². The van der Waals surface area contributed by atoms with Crippen molar-refractivity contribution in [3.63, 3.8) is 0 Å². The Morgan fingerprint density at radius 2 is 2.25 bits per heavy atom. The molecule has 0 saturated carbocycles. The van der Waals surface area contributed by atoms with E-state index in [1.54, 1.807) is 21.6 Å². The molecule has 0 amide bonds. The number of rotatable bonds is 2. The molecule has 0 aromatic rings. The van der Waals surface area contributed by atoms with Crippen molar-refractivity contribution >= 4 is 33.2 Å². The molecule has 7 heteroatoms. The zero-order chi connectivity index (χ0) is 11.3. The van der Waals surface area contributed by atoms with Gasteiger partial charge in [-0.25, -0.2) is 0 Å². The molecule has 0 aliphatic carbocycles. The number of Topliss-reactive ketones (excluding diaryl/α,β-unsaturated/α-hetero) is 2. The summed E-state index contributed by atoms with van der Waals surface area (Å²) in [5.41, 5.74) is 5.29. The van der Waals surface area contributed by atoms with Gasteiger partial charge in [0.05, 0.1) is 19.1 Å². The van der Waals surface area contributed by atoms with Gasteiger partial charge in [-0.15, -0.1) is 0 Å². The van der Waals surface area contributed by atoms with Gasteiger partial charge in [0.15, 0.2) is 5.78 Å². The third-order valence-electron chi connectivity index (χ3n) is 2.16. The fourth-order valence-corrected chi connectivity index (χ4v) is 3.58. The number of hydrogen-bond donors (Lipinski definition) is 2. The largest absolute Gasteiger partial charge is 1.00 e. The van der Waals surface area contributed by atoms with Gasteiger partial charge < -0.3 is 18.9 Å². The quantitative estimate of drug-likeness (QED) is 0.326. The number of carbonyl (C=O) groups is 2. The molecular weight excluding hydrogens is 271 g/mol. The smallest absolute Gasteiger partial charge is 1.00 e. The minimum atomic E-state index is -0.304. The molecule has 1 aliphatic rings. The average Bonchev–Trinajstić information content (AvgIpc) is 2.32. The summed E-state index contributed by atoms with van der Waals surface area (Å²) in [5.74, 6) is 1.18. The van der Waals surface area contributed by atoms with Crippen molar-refractivity contribution in [1.82, 2.24) is 5.32 Å². The van der Waals surface area contributed by atoms with Gasteiger partial charge in [-0.2, -0.15) is 0 Å². The van der Waals surface area contributed by atoms with E-state index >= 15 is 0 Å². The summed E-state index contributed by atoms with van der Waals surface area (Å²) in [4.78, 5) is 22.9. The number of ketones is 2. The Morgan fingerprint density at radius 1 is 1.62 bits per heavy atom. The van der Waals surface area contributed by atoms with Crippen LogP contribution in [-0.4, -0.2) is 42.2 Å². The molecule has 0 bridgehead atoms. The summed E-state index contributed by atoms with van der Waals surface area (Å²) in [6, 6.07) is -0.304. The van der Waals surface area contributed by atoms with Crippen LogP contribution >= 0.6 is 21.6 Å². The molecule has 1 heterocycles. The monoisotopic (exact) mass is 289 g/mol. The van der Waals surface area contributed by atoms with E-state index < -0.39 is 0 Å². The van der Waals surface area contributed by atoms with Crippen molar-refractivity contribution in [2.45, 2.75) is 6.04 Å². The first kappa shape index (κ1) is 17.6. The average molecular weight is 289 g/mol. The number of nitrogens with one attached hydrogen (secondary N) is 1. The SMILES string of the molecule is [CH2-][C@@H]1CSSC[C@H](C(=O)CN)NCC1=O.[H-].[HH].[K+]. The predicted molar refractivity (Wildman–Crippen MR) is 67.8 cm³/mol. The normalized spacial score (nSPS) is 27.2. The first-order valence-corrected chi connectivity index (χ1v) is 7.20. The van der Waals surface area contributed by atoms with Crippen LogP contribution < -0.4 is 62.4 Å². The zero-order valence-corrected chi connectivity index (χ0v) is 14.2. The topological polar surface area (TPSA) is 72.2 Å². The summed E-state index contributed by atoms with van der Waals surface area (Å²) in [5, 5.41) is 2.94. The van der Waals surface area contributed by atoms with E-state index in [4.69, 9.17) is 5.73 Å². The molecule has 0 unspecified atom stereocenters. The Bertz CT molecular complexity index is 263. The van der Waals surface area contributed by atoms with Crippen molar-refractivity contribution in [3.05, 3.63) is 6.92 Å². The first-order valence-electron chi connectivity index (χ1n) is 4.71. The molecule has 0 aromatic carbocycles. The Balaban J connectivity index is -0.000000750. The molecular formula is C9H18KN2O2S2-. The second kappa shape index (κ2) is 9.52. The van der Waals surface area contributed by atoms with E-state index in [1.165, 1.54) is 0 Å². The van der Waals surface area contributed by atoms with E-state index in [1.807, 2.05) is 0 Å². The van der Waals surface area contributed by atoms with Crippen molar-refractivity contribution < 1.29 is 63.8 Å². The first-order chi connectivity index (χ1) is 7.15. The van der Waals surface area contributed by atoms with E-state index in [2.05, 4.69) is 12.2 Å². The van der Waals surface area contributed by atoms with Gasteiger partial charge in [0, 0.05) is 7.18 Å². The van der Waals surface area contributed by atoms with Gasteiger partial charge in [0.2, 0.25) is 0 Å². The van der Waals surface area contributed by atoms with Gasteiger partial charge in [-0.1, -0.05) is 27.5 Å². The van der Waals surface area contributed by atoms with Crippen LogP contribution in [0.1, 0.15) is 2.85 Å². The van der Waals surface area contributed by atoms with E-state index in [-0.39, 0.29) is 90.9 Å². The van der Waals surface area contributed by atoms with E-state index in [0.717, 1.165) is 0 Å². The van der Waals surface area contributed by atoms with Gasteiger partial charge in [0.1, 0.15) is 5.78 Å². The Morgan fingerprint density at radius 3 is 2.88 bits per heavy atom. The van der Waals surface area contributed by atoms with Crippen LogP contribution in [0.25, 0.3) is 0 Å². The summed E-state index contributed by atoms with van der Waals surface area (Å²) >= 11 is 0. The summed E-state index contributed by atoms with van der Waals surface area (Å²) in [7, 11) is 3.17. The van der Waals surface area contributed by atoms with Gasteiger partial charge in [-0.05, 0) is 5.75 Å². The summed E-state index contributed by atoms with van der Waals surface area (Å²) in [6.45, 7) is 4.01. The molecule has 4 nitrogen and oxygen atoms in total. The van der Waals surface area contributed by atoms with Crippen molar-refractivity contribution in [3.8, 4) is 0 Å². The molecule has 90 valence electrons. The van der Waals surface area contributed by atoms with Gasteiger partial charge >= 0.3 is 51.4 Å². The van der Waals surface area contributed by atoms with Crippen molar-refractivity contribution in [2.75, 3.05) is 24.6 Å². The third kappa shape index (κ3) is 5.97. The van der Waals surface area contributed by atoms with Crippen LogP contribution in [0, 0.1) is 12.8 Å². The molecule has 0 spiro atoms. The van der Waals surface area contributed by atoms with Crippen LogP contribution in [0.15, 0.2) is 0 Å². The molecule has 3 N–H and O–H groups in total. The molecule has 1 rings (SSSR count). The molecule has 0 aromatic heterocycles. The maximum atomic E-state index is 11.5. The van der Waals surface area contributed by atoms with Crippen LogP contribution in [0.5, 0.6) is 0 Å². The second-order valence-electron chi connectivity index (χ2n) is 3.34. The molecule has 2 atom stereocenters. The molecule has 1 fully saturated rings. The predicted octanol–water partition coefficient (Wildman–Crippen LogP) is -2.75. The standard InChI is InChI=1S/C9H15N2O2S2.K.H2.H/c1-6-4-14-15-5-7(8(12)2-10)11-3-9(6)13;;;/h6-7,11H,1-5,10H2;;1H;/q-1;+1;;-1/t6-,7-;;;/m1.../s1. The fourth-order valence-electron chi connectivity index (χ4n) is 1.12. The van der Waals surface area contributed by atoms with Crippen molar-refractivity contribution in [2.24, 2.45) is 11.7 Å². The maximum Gasteiger partial charge on any atom is 1.00 e. The summed E-state index contributed by atoms with van der Waals surface area (Å²) in [6.07, 6.45) is 0. The molecule has 0 radical (unpaired) electrons. The maximum absolute atomic E-state index is 11.5. The van der Waals surface area contributed by atoms with E-state index in [9.17, 15) is 9.59 Å². The van der Waals surface area contributed by atoms with E-state index in [0.29, 0.717) is 11.5 Å². The molecule has 1 saturated heterocycles. The Labute approximate surface area is 149 Å². The minimum absolute atomic E-state index is 0. The number of hydrogen-bond acceptors (Lipinski definition) is 6. The number of nitrogens with two attached hydrogens (primary N) is 1. The fraction of sp³-hybridized carbons (Fsp3) is 0.667. The zero-order valence-electron chi connectivity index (χ0n) is 10.4. The van der Waals surface area contributed by atoms with Gasteiger partial charge in [-0.3, -0.25) is 10.1 Å². The second-order valence-corrected chi connectivity index (χ2v) is 5.89. The minimum Gasteiger partial charge on any atom is -1.00 e. The summed E-state index contributed by atoms with van der Waals surface area (Å²) < 4.78 is 0. The Kier molecular flexibility index (Phi) is 10.5. The van der Waals surface area contributed by atoms with Gasteiger partial charge in [0.25, 0.3) is 0 Å². The molecule has 1 aliphatic heterocycles. The van der Waals surface area contributed by atoms with Crippen LogP contribution in [0.2, 0.25) is 0 Å². The third-order valence-corrected chi connectivity index (χ3v) is 4.65. The molecule has 16 heavy (non-hydrogen) atoms.